The summed E-state index contributed by atoms with van der Waals surface area (Å²) in [6, 6.07) is 4.94. The maximum absolute atomic E-state index is 11.0. The van der Waals surface area contributed by atoms with Crippen molar-refractivity contribution in [3.05, 3.63) is 52.9 Å². The molecule has 0 bridgehead atoms. The number of carboxylic acid groups (broad SMARTS) is 1. The molecule has 2 rings (SSSR count). The molecule has 6 heteroatoms. The van der Waals surface area contributed by atoms with Crippen LogP contribution in [0.15, 0.2) is 41.8 Å². The van der Waals surface area contributed by atoms with E-state index in [4.69, 9.17) is 16.7 Å². The van der Waals surface area contributed by atoms with Gasteiger partial charge in [-0.05, 0) is 23.8 Å². The zero-order chi connectivity index (χ0) is 13.0. The minimum absolute atomic E-state index is 0.202. The maximum atomic E-state index is 11.0. The molecule has 2 aromatic heterocycles. The van der Waals surface area contributed by atoms with Crippen molar-refractivity contribution in [2.24, 2.45) is 0 Å². The lowest BCUT2D eigenvalue weighted by molar-refractivity contribution is 0.0692. The van der Waals surface area contributed by atoms with Crippen LogP contribution in [-0.2, 0) is 5.75 Å². The zero-order valence-corrected chi connectivity index (χ0v) is 10.8. The fourth-order valence-electron chi connectivity index (χ4n) is 1.34. The largest absolute Gasteiger partial charge is 0.478 e. The van der Waals surface area contributed by atoms with Gasteiger partial charge in [0, 0.05) is 24.3 Å². The molecule has 0 saturated carbocycles. The van der Waals surface area contributed by atoms with Gasteiger partial charge < -0.3 is 5.11 Å². The first kappa shape index (κ1) is 12.9. The number of pyridine rings is 2. The Kier molecular flexibility index (Phi) is 4.17. The van der Waals surface area contributed by atoms with E-state index in [-0.39, 0.29) is 5.56 Å². The first-order chi connectivity index (χ1) is 8.68. The monoisotopic (exact) mass is 280 g/mol. The van der Waals surface area contributed by atoms with E-state index in [2.05, 4.69) is 9.97 Å². The Balaban J connectivity index is 2.16. The first-order valence-electron chi connectivity index (χ1n) is 5.08. The average Bonchev–Trinajstić information content (AvgIpc) is 2.38. The number of carbonyl (C=O) groups is 1. The molecule has 0 saturated heterocycles. The second-order valence-electron chi connectivity index (χ2n) is 3.42. The number of carboxylic acids is 1. The fraction of sp³-hybridized carbons (Fsp3) is 0.0833. The highest BCUT2D eigenvalue weighted by Gasteiger charge is 2.11. The van der Waals surface area contributed by atoms with Crippen molar-refractivity contribution in [2.45, 2.75) is 10.8 Å². The van der Waals surface area contributed by atoms with E-state index in [0.717, 1.165) is 5.56 Å². The Hall–Kier alpha value is -1.59. The Bertz CT molecular complexity index is 578. The summed E-state index contributed by atoms with van der Waals surface area (Å²) < 4.78 is 0. The van der Waals surface area contributed by atoms with Gasteiger partial charge in [0.15, 0.2) is 0 Å². The van der Waals surface area contributed by atoms with Crippen LogP contribution in [0.2, 0.25) is 5.02 Å². The normalized spacial score (nSPS) is 10.3. The van der Waals surface area contributed by atoms with E-state index >= 15 is 0 Å². The number of hydrogen-bond donors (Lipinski definition) is 1. The Labute approximate surface area is 113 Å². The lowest BCUT2D eigenvalue weighted by Crippen LogP contribution is -2.00. The highest BCUT2D eigenvalue weighted by atomic mass is 35.5. The number of aromatic nitrogens is 2. The van der Waals surface area contributed by atoms with Gasteiger partial charge in [-0.15, -0.1) is 11.8 Å². The highest BCUT2D eigenvalue weighted by Crippen LogP contribution is 2.26. The van der Waals surface area contributed by atoms with Crippen molar-refractivity contribution in [3.8, 4) is 0 Å². The van der Waals surface area contributed by atoms with Crippen LogP contribution < -0.4 is 0 Å². The standard InChI is InChI=1S/C12H9ClN2O2S/c13-10-6-14-5-3-8(10)7-18-11-9(12(16)17)2-1-4-15-11/h1-6H,7H2,(H,16,17). The van der Waals surface area contributed by atoms with Gasteiger partial charge in [0.1, 0.15) is 5.03 Å². The minimum atomic E-state index is -0.980. The molecule has 1 N–H and O–H groups in total. The molecule has 2 aromatic rings. The van der Waals surface area contributed by atoms with E-state index in [1.165, 1.54) is 17.8 Å². The predicted molar refractivity (Wildman–Crippen MR) is 70.0 cm³/mol. The fourth-order valence-corrected chi connectivity index (χ4v) is 2.59. The maximum Gasteiger partial charge on any atom is 0.338 e. The zero-order valence-electron chi connectivity index (χ0n) is 9.21. The molecule has 18 heavy (non-hydrogen) atoms. The summed E-state index contributed by atoms with van der Waals surface area (Å²) in [5.41, 5.74) is 1.10. The third-order valence-electron chi connectivity index (χ3n) is 2.22. The van der Waals surface area contributed by atoms with Crippen LogP contribution in [0.4, 0.5) is 0 Å². The van der Waals surface area contributed by atoms with Gasteiger partial charge in [0.25, 0.3) is 0 Å². The quantitative estimate of drug-likeness (QED) is 0.872. The molecule has 0 aromatic carbocycles. The summed E-state index contributed by atoms with van der Waals surface area (Å²) in [7, 11) is 0. The molecule has 0 fully saturated rings. The van der Waals surface area contributed by atoms with Gasteiger partial charge >= 0.3 is 5.97 Å². The van der Waals surface area contributed by atoms with E-state index in [9.17, 15) is 4.79 Å². The smallest absolute Gasteiger partial charge is 0.338 e. The summed E-state index contributed by atoms with van der Waals surface area (Å²) in [5, 5.41) is 10.1. The van der Waals surface area contributed by atoms with E-state index < -0.39 is 5.97 Å². The third kappa shape index (κ3) is 3.00. The van der Waals surface area contributed by atoms with Crippen molar-refractivity contribution in [2.75, 3.05) is 0 Å². The molecule has 0 radical (unpaired) electrons. The second-order valence-corrected chi connectivity index (χ2v) is 4.79. The van der Waals surface area contributed by atoms with Gasteiger partial charge in [-0.2, -0.15) is 0 Å². The molecule has 2 heterocycles. The second kappa shape index (κ2) is 5.84. The highest BCUT2D eigenvalue weighted by molar-refractivity contribution is 7.98. The third-order valence-corrected chi connectivity index (χ3v) is 3.62. The van der Waals surface area contributed by atoms with Gasteiger partial charge in [-0.25, -0.2) is 9.78 Å². The molecule has 92 valence electrons. The van der Waals surface area contributed by atoms with Crippen LogP contribution >= 0.6 is 23.4 Å². The topological polar surface area (TPSA) is 63.1 Å². The number of nitrogens with zero attached hydrogens (tertiary/aromatic N) is 2. The molecule has 0 atom stereocenters. The van der Waals surface area contributed by atoms with Crippen molar-refractivity contribution in [3.63, 3.8) is 0 Å². The summed E-state index contributed by atoms with van der Waals surface area (Å²) in [6.07, 6.45) is 4.79. The molecular weight excluding hydrogens is 272 g/mol. The molecule has 0 aliphatic carbocycles. The Morgan fingerprint density at radius 2 is 2.22 bits per heavy atom. The van der Waals surface area contributed by atoms with Crippen molar-refractivity contribution in [1.29, 1.82) is 0 Å². The van der Waals surface area contributed by atoms with Crippen LogP contribution in [0.25, 0.3) is 0 Å². The van der Waals surface area contributed by atoms with Crippen LogP contribution in [0.3, 0.4) is 0 Å². The number of rotatable bonds is 4. The van der Waals surface area contributed by atoms with Crippen LogP contribution in [0.1, 0.15) is 15.9 Å². The van der Waals surface area contributed by atoms with Gasteiger partial charge in [-0.3, -0.25) is 4.98 Å². The summed E-state index contributed by atoms with van der Waals surface area (Å²) in [6.45, 7) is 0. The lowest BCUT2D eigenvalue weighted by Gasteiger charge is -2.05. The van der Waals surface area contributed by atoms with Gasteiger partial charge in [-0.1, -0.05) is 11.6 Å². The van der Waals surface area contributed by atoms with Crippen molar-refractivity contribution >= 4 is 29.3 Å². The number of thioether (sulfide) groups is 1. The van der Waals surface area contributed by atoms with Crippen LogP contribution in [0.5, 0.6) is 0 Å². The summed E-state index contributed by atoms with van der Waals surface area (Å²) in [4.78, 5) is 19.0. The van der Waals surface area contributed by atoms with Crippen molar-refractivity contribution < 1.29 is 9.90 Å². The Morgan fingerprint density at radius 1 is 1.39 bits per heavy atom. The summed E-state index contributed by atoms with van der Waals surface area (Å²) >= 11 is 7.32. The Morgan fingerprint density at radius 3 is 2.94 bits per heavy atom. The predicted octanol–water partition coefficient (Wildman–Crippen LogP) is 3.12. The van der Waals surface area contributed by atoms with Crippen molar-refractivity contribution in [1.82, 2.24) is 9.97 Å². The molecule has 0 spiro atoms. The first-order valence-corrected chi connectivity index (χ1v) is 6.44. The molecule has 0 unspecified atom stereocenters. The summed E-state index contributed by atoms with van der Waals surface area (Å²) in [5.74, 6) is -0.426. The molecule has 0 aliphatic heterocycles. The molecule has 4 nitrogen and oxygen atoms in total. The molecular formula is C12H9ClN2O2S. The number of halogens is 1. The van der Waals surface area contributed by atoms with Crippen LogP contribution in [0, 0.1) is 0 Å². The lowest BCUT2D eigenvalue weighted by atomic mass is 10.3. The van der Waals surface area contributed by atoms with E-state index in [0.29, 0.717) is 15.8 Å². The molecule has 0 amide bonds. The SMILES string of the molecule is O=C(O)c1cccnc1SCc1ccncc1Cl. The number of aromatic carboxylic acids is 1. The van der Waals surface area contributed by atoms with E-state index in [1.807, 2.05) is 0 Å². The van der Waals surface area contributed by atoms with Gasteiger partial charge in [0.2, 0.25) is 0 Å². The van der Waals surface area contributed by atoms with E-state index in [1.54, 1.807) is 30.7 Å². The number of hydrogen-bond acceptors (Lipinski definition) is 4. The minimum Gasteiger partial charge on any atom is -0.478 e. The van der Waals surface area contributed by atoms with Crippen LogP contribution in [-0.4, -0.2) is 21.0 Å². The molecule has 0 aliphatic rings. The van der Waals surface area contributed by atoms with Gasteiger partial charge in [0.05, 0.1) is 10.6 Å². The average molecular weight is 281 g/mol.